The minimum Gasteiger partial charge on any atom is -0.311 e. The highest BCUT2D eigenvalue weighted by Gasteiger charge is 2.34. The van der Waals surface area contributed by atoms with Gasteiger partial charge in [-0.05, 0) is 50.4 Å². The topological polar surface area (TPSA) is 15.3 Å². The van der Waals surface area contributed by atoms with Gasteiger partial charge in [-0.3, -0.25) is 0 Å². The van der Waals surface area contributed by atoms with Crippen LogP contribution in [0.5, 0.6) is 0 Å². The van der Waals surface area contributed by atoms with Gasteiger partial charge in [0.1, 0.15) is 0 Å². The van der Waals surface area contributed by atoms with Crippen molar-refractivity contribution in [2.45, 2.75) is 37.0 Å². The van der Waals surface area contributed by atoms with Gasteiger partial charge in [-0.25, -0.2) is 0 Å². The summed E-state index contributed by atoms with van der Waals surface area (Å²) in [5.74, 6) is 2.38. The Kier molecular flexibility index (Phi) is 3.23. The number of hydrogen-bond acceptors (Lipinski definition) is 3. The van der Waals surface area contributed by atoms with Gasteiger partial charge in [-0.1, -0.05) is 0 Å². The van der Waals surface area contributed by atoms with E-state index in [1.807, 2.05) is 0 Å². The van der Waals surface area contributed by atoms with Crippen molar-refractivity contribution in [3.05, 3.63) is 0 Å². The largest absolute Gasteiger partial charge is 0.311 e. The van der Waals surface area contributed by atoms with Crippen molar-refractivity contribution >= 4 is 11.8 Å². The highest BCUT2D eigenvalue weighted by Crippen LogP contribution is 2.29. The Bertz CT molecular complexity index is 208. The maximum Gasteiger partial charge on any atom is 0.0224 e. The molecule has 4 rings (SSSR count). The molecule has 86 valence electrons. The summed E-state index contributed by atoms with van der Waals surface area (Å²) >= 11 is 2.17. The zero-order chi connectivity index (χ0) is 10.1. The SMILES string of the molecule is C1CSC(CNC2CN3CCC2CC3)C1. The van der Waals surface area contributed by atoms with Crippen LogP contribution in [0, 0.1) is 5.92 Å². The van der Waals surface area contributed by atoms with E-state index in [9.17, 15) is 0 Å². The van der Waals surface area contributed by atoms with E-state index in [1.54, 1.807) is 0 Å². The first-order valence-electron chi connectivity index (χ1n) is 6.49. The van der Waals surface area contributed by atoms with Crippen molar-refractivity contribution in [1.29, 1.82) is 0 Å². The number of piperidine rings is 3. The minimum atomic E-state index is 0.814. The van der Waals surface area contributed by atoms with E-state index in [0.29, 0.717) is 0 Å². The van der Waals surface area contributed by atoms with Crippen LogP contribution in [0.15, 0.2) is 0 Å². The van der Waals surface area contributed by atoms with Gasteiger partial charge < -0.3 is 10.2 Å². The lowest BCUT2D eigenvalue weighted by molar-refractivity contribution is 0.0730. The second-order valence-corrected chi connectivity index (χ2v) is 6.70. The fourth-order valence-corrected chi connectivity index (χ4v) is 4.50. The Morgan fingerprint density at radius 3 is 2.67 bits per heavy atom. The number of nitrogens with one attached hydrogen (secondary N) is 1. The third-order valence-electron chi connectivity index (χ3n) is 4.29. The summed E-state index contributed by atoms with van der Waals surface area (Å²) in [6, 6.07) is 0.814. The molecule has 2 unspecified atom stereocenters. The molecule has 2 bridgehead atoms. The molecule has 4 saturated heterocycles. The zero-order valence-electron chi connectivity index (χ0n) is 9.45. The Morgan fingerprint density at radius 2 is 2.07 bits per heavy atom. The second-order valence-electron chi connectivity index (χ2n) is 5.29. The normalized spacial score (nSPS) is 44.8. The molecular weight excluding hydrogens is 204 g/mol. The Hall–Kier alpha value is 0.270. The summed E-state index contributed by atoms with van der Waals surface area (Å²) in [4.78, 5) is 2.64. The maximum atomic E-state index is 3.83. The molecule has 0 saturated carbocycles. The van der Waals surface area contributed by atoms with Crippen LogP contribution in [-0.4, -0.2) is 48.1 Å². The first-order chi connectivity index (χ1) is 7.42. The van der Waals surface area contributed by atoms with Crippen LogP contribution in [0.3, 0.4) is 0 Å². The van der Waals surface area contributed by atoms with Gasteiger partial charge in [0, 0.05) is 24.4 Å². The first-order valence-corrected chi connectivity index (χ1v) is 7.54. The Labute approximate surface area is 97.2 Å². The standard InChI is InChI=1S/C12H22N2S/c1-2-11(15-7-1)8-13-12-9-14-5-3-10(12)4-6-14/h10-13H,1-9H2. The third kappa shape index (κ3) is 2.34. The van der Waals surface area contributed by atoms with Crippen molar-refractivity contribution in [2.75, 3.05) is 31.9 Å². The van der Waals surface area contributed by atoms with E-state index in [1.165, 1.54) is 57.6 Å². The quantitative estimate of drug-likeness (QED) is 0.786. The van der Waals surface area contributed by atoms with Gasteiger partial charge in [-0.15, -0.1) is 0 Å². The van der Waals surface area contributed by atoms with Crippen molar-refractivity contribution in [3.63, 3.8) is 0 Å². The first kappa shape index (κ1) is 10.4. The fourth-order valence-electron chi connectivity index (χ4n) is 3.28. The summed E-state index contributed by atoms with van der Waals surface area (Å²) in [5.41, 5.74) is 0. The van der Waals surface area contributed by atoms with E-state index < -0.39 is 0 Å². The Morgan fingerprint density at radius 1 is 1.20 bits per heavy atom. The van der Waals surface area contributed by atoms with Crippen LogP contribution < -0.4 is 5.32 Å². The van der Waals surface area contributed by atoms with Crippen molar-refractivity contribution in [3.8, 4) is 0 Å². The molecule has 4 aliphatic rings. The van der Waals surface area contributed by atoms with Gasteiger partial charge in [0.25, 0.3) is 0 Å². The number of hydrogen-bond donors (Lipinski definition) is 1. The van der Waals surface area contributed by atoms with Crippen LogP contribution in [-0.2, 0) is 0 Å². The fraction of sp³-hybridized carbons (Fsp3) is 1.00. The number of rotatable bonds is 3. The summed E-state index contributed by atoms with van der Waals surface area (Å²) in [6.07, 6.45) is 5.76. The van der Waals surface area contributed by atoms with E-state index in [2.05, 4.69) is 22.0 Å². The van der Waals surface area contributed by atoms with Crippen molar-refractivity contribution in [2.24, 2.45) is 5.92 Å². The monoisotopic (exact) mass is 226 g/mol. The highest BCUT2D eigenvalue weighted by molar-refractivity contribution is 8.00. The molecule has 0 aromatic carbocycles. The number of thioether (sulfide) groups is 1. The maximum absolute atomic E-state index is 3.83. The second kappa shape index (κ2) is 4.64. The molecule has 0 amide bonds. The minimum absolute atomic E-state index is 0.814. The summed E-state index contributed by atoms with van der Waals surface area (Å²) in [6.45, 7) is 5.31. The lowest BCUT2D eigenvalue weighted by atomic mass is 9.84. The van der Waals surface area contributed by atoms with E-state index in [-0.39, 0.29) is 0 Å². The highest BCUT2D eigenvalue weighted by atomic mass is 32.2. The van der Waals surface area contributed by atoms with E-state index in [4.69, 9.17) is 0 Å². The smallest absolute Gasteiger partial charge is 0.0224 e. The van der Waals surface area contributed by atoms with Crippen LogP contribution in [0.25, 0.3) is 0 Å². The van der Waals surface area contributed by atoms with Gasteiger partial charge in [-0.2, -0.15) is 11.8 Å². The molecule has 4 fully saturated rings. The van der Waals surface area contributed by atoms with Gasteiger partial charge >= 0.3 is 0 Å². The molecular formula is C12H22N2S. The molecule has 4 aliphatic heterocycles. The molecule has 0 aliphatic carbocycles. The average Bonchev–Trinajstić information content (AvgIpc) is 2.81. The zero-order valence-corrected chi connectivity index (χ0v) is 10.3. The third-order valence-corrected chi connectivity index (χ3v) is 5.69. The van der Waals surface area contributed by atoms with Crippen molar-refractivity contribution in [1.82, 2.24) is 10.2 Å². The molecule has 0 spiro atoms. The van der Waals surface area contributed by atoms with Crippen LogP contribution in [0.4, 0.5) is 0 Å². The number of nitrogens with zero attached hydrogens (tertiary/aromatic N) is 1. The molecule has 4 heterocycles. The van der Waals surface area contributed by atoms with E-state index in [0.717, 1.165) is 17.2 Å². The summed E-state index contributed by atoms with van der Waals surface area (Å²) in [5, 5.41) is 4.75. The predicted molar refractivity (Wildman–Crippen MR) is 66.4 cm³/mol. The molecule has 0 aromatic rings. The summed E-state index contributed by atoms with van der Waals surface area (Å²) < 4.78 is 0. The average molecular weight is 226 g/mol. The molecule has 0 radical (unpaired) electrons. The molecule has 1 N–H and O–H groups in total. The van der Waals surface area contributed by atoms with E-state index >= 15 is 0 Å². The molecule has 2 nitrogen and oxygen atoms in total. The summed E-state index contributed by atoms with van der Waals surface area (Å²) in [7, 11) is 0. The molecule has 15 heavy (non-hydrogen) atoms. The van der Waals surface area contributed by atoms with Crippen molar-refractivity contribution < 1.29 is 0 Å². The molecule has 2 atom stereocenters. The van der Waals surface area contributed by atoms with Crippen LogP contribution >= 0.6 is 11.8 Å². The Balaban J connectivity index is 1.46. The van der Waals surface area contributed by atoms with Crippen LogP contribution in [0.1, 0.15) is 25.7 Å². The molecule has 3 heteroatoms. The predicted octanol–water partition coefficient (Wildman–Crippen LogP) is 1.57. The van der Waals surface area contributed by atoms with Gasteiger partial charge in [0.15, 0.2) is 0 Å². The van der Waals surface area contributed by atoms with Gasteiger partial charge in [0.05, 0.1) is 0 Å². The molecule has 0 aromatic heterocycles. The number of fused-ring (bicyclic) bond motifs is 3. The lowest BCUT2D eigenvalue weighted by Gasteiger charge is -2.45. The lowest BCUT2D eigenvalue weighted by Crippen LogP contribution is -2.56. The van der Waals surface area contributed by atoms with Gasteiger partial charge in [0.2, 0.25) is 0 Å². The van der Waals surface area contributed by atoms with Crippen LogP contribution in [0.2, 0.25) is 0 Å².